The third kappa shape index (κ3) is 2.78. The van der Waals surface area contributed by atoms with E-state index in [1.165, 1.54) is 24.9 Å². The van der Waals surface area contributed by atoms with Gasteiger partial charge >= 0.3 is 0 Å². The van der Waals surface area contributed by atoms with Crippen LogP contribution in [0, 0.1) is 0 Å². The van der Waals surface area contributed by atoms with Crippen molar-refractivity contribution < 1.29 is 9.53 Å². The molecule has 0 aliphatic carbocycles. The van der Waals surface area contributed by atoms with Gasteiger partial charge in [0.1, 0.15) is 5.75 Å². The SMILES string of the molecule is CCOc1cc(N2CCCCC2)ccc1C=O. The molecule has 0 spiro atoms. The number of aldehydes is 1. The van der Waals surface area contributed by atoms with Crippen molar-refractivity contribution in [3.63, 3.8) is 0 Å². The number of nitrogens with zero attached hydrogens (tertiary/aromatic N) is 1. The van der Waals surface area contributed by atoms with Gasteiger partial charge in [-0.25, -0.2) is 0 Å². The Morgan fingerprint density at radius 1 is 1.29 bits per heavy atom. The highest BCUT2D eigenvalue weighted by Crippen LogP contribution is 2.27. The molecule has 3 heteroatoms. The topological polar surface area (TPSA) is 29.5 Å². The zero-order valence-electron chi connectivity index (χ0n) is 10.3. The number of hydrogen-bond donors (Lipinski definition) is 0. The second-order valence-electron chi connectivity index (χ2n) is 4.32. The van der Waals surface area contributed by atoms with Crippen LogP contribution in [0.25, 0.3) is 0 Å². The third-order valence-corrected chi connectivity index (χ3v) is 3.15. The van der Waals surface area contributed by atoms with Gasteiger partial charge in [-0.1, -0.05) is 0 Å². The fourth-order valence-electron chi connectivity index (χ4n) is 2.25. The number of piperidine rings is 1. The number of rotatable bonds is 4. The number of carbonyl (C=O) groups excluding carboxylic acids is 1. The summed E-state index contributed by atoms with van der Waals surface area (Å²) in [6.45, 7) is 4.73. The quantitative estimate of drug-likeness (QED) is 0.749. The van der Waals surface area contributed by atoms with Crippen molar-refractivity contribution in [1.29, 1.82) is 0 Å². The fraction of sp³-hybridized carbons (Fsp3) is 0.500. The van der Waals surface area contributed by atoms with Crippen molar-refractivity contribution in [3.05, 3.63) is 23.8 Å². The van der Waals surface area contributed by atoms with Crippen LogP contribution in [0.4, 0.5) is 5.69 Å². The molecule has 92 valence electrons. The van der Waals surface area contributed by atoms with Gasteiger partial charge < -0.3 is 9.64 Å². The monoisotopic (exact) mass is 233 g/mol. The molecule has 0 N–H and O–H groups in total. The van der Waals surface area contributed by atoms with E-state index in [2.05, 4.69) is 4.90 Å². The highest BCUT2D eigenvalue weighted by molar-refractivity contribution is 5.80. The van der Waals surface area contributed by atoms with Crippen LogP contribution in [0.3, 0.4) is 0 Å². The molecule has 17 heavy (non-hydrogen) atoms. The summed E-state index contributed by atoms with van der Waals surface area (Å²) >= 11 is 0. The van der Waals surface area contributed by atoms with E-state index in [9.17, 15) is 4.79 Å². The average molecular weight is 233 g/mol. The van der Waals surface area contributed by atoms with E-state index in [-0.39, 0.29) is 0 Å². The molecule has 2 rings (SSSR count). The molecule has 0 radical (unpaired) electrons. The van der Waals surface area contributed by atoms with E-state index < -0.39 is 0 Å². The smallest absolute Gasteiger partial charge is 0.153 e. The highest BCUT2D eigenvalue weighted by atomic mass is 16.5. The molecule has 1 heterocycles. The summed E-state index contributed by atoms with van der Waals surface area (Å²) < 4.78 is 5.50. The first-order valence-corrected chi connectivity index (χ1v) is 6.32. The molecule has 1 aromatic carbocycles. The Bertz CT molecular complexity index is 384. The number of hydrogen-bond acceptors (Lipinski definition) is 3. The van der Waals surface area contributed by atoms with Gasteiger partial charge in [0.2, 0.25) is 0 Å². The lowest BCUT2D eigenvalue weighted by Crippen LogP contribution is -2.29. The van der Waals surface area contributed by atoms with Crippen LogP contribution in [0.5, 0.6) is 5.75 Å². The van der Waals surface area contributed by atoms with Gasteiger partial charge in [-0.05, 0) is 38.3 Å². The second-order valence-corrected chi connectivity index (χ2v) is 4.32. The van der Waals surface area contributed by atoms with Crippen molar-refractivity contribution in [1.82, 2.24) is 0 Å². The number of benzene rings is 1. The zero-order valence-corrected chi connectivity index (χ0v) is 10.3. The summed E-state index contributed by atoms with van der Waals surface area (Å²) in [4.78, 5) is 13.3. The normalized spacial score (nSPS) is 15.7. The Morgan fingerprint density at radius 3 is 2.71 bits per heavy atom. The number of anilines is 1. The lowest BCUT2D eigenvalue weighted by Gasteiger charge is -2.29. The number of carbonyl (C=O) groups is 1. The molecule has 0 saturated carbocycles. The van der Waals surface area contributed by atoms with Gasteiger partial charge in [-0.15, -0.1) is 0 Å². The summed E-state index contributed by atoms with van der Waals surface area (Å²) in [7, 11) is 0. The summed E-state index contributed by atoms with van der Waals surface area (Å²) in [5.41, 5.74) is 1.80. The Morgan fingerprint density at radius 2 is 2.06 bits per heavy atom. The maximum absolute atomic E-state index is 10.9. The standard InChI is InChI=1S/C14H19NO2/c1-2-17-14-10-13(7-6-12(14)11-16)15-8-4-3-5-9-15/h6-7,10-11H,2-5,8-9H2,1H3. The minimum atomic E-state index is 0.588. The predicted octanol–water partition coefficient (Wildman–Crippen LogP) is 2.89. The van der Waals surface area contributed by atoms with Crippen LogP contribution in [-0.4, -0.2) is 26.0 Å². The van der Waals surface area contributed by atoms with Gasteiger partial charge in [0.05, 0.1) is 12.2 Å². The summed E-state index contributed by atoms with van der Waals surface area (Å²) in [5, 5.41) is 0. The summed E-state index contributed by atoms with van der Waals surface area (Å²) in [6.07, 6.45) is 4.67. The molecule has 1 aliphatic rings. The van der Waals surface area contributed by atoms with Crippen LogP contribution in [0.15, 0.2) is 18.2 Å². The van der Waals surface area contributed by atoms with E-state index in [4.69, 9.17) is 4.74 Å². The van der Waals surface area contributed by atoms with E-state index in [0.29, 0.717) is 17.9 Å². The molecule has 1 fully saturated rings. The van der Waals surface area contributed by atoms with E-state index >= 15 is 0 Å². The van der Waals surface area contributed by atoms with Crippen LogP contribution in [-0.2, 0) is 0 Å². The van der Waals surface area contributed by atoms with E-state index in [1.807, 2.05) is 25.1 Å². The first-order chi connectivity index (χ1) is 8.35. The molecule has 0 unspecified atom stereocenters. The Kier molecular flexibility index (Phi) is 4.02. The van der Waals surface area contributed by atoms with Crippen molar-refractivity contribution in [2.24, 2.45) is 0 Å². The van der Waals surface area contributed by atoms with Crippen LogP contribution in [0.2, 0.25) is 0 Å². The Balaban J connectivity index is 2.22. The summed E-state index contributed by atoms with van der Waals surface area (Å²) in [5.74, 6) is 0.700. The van der Waals surface area contributed by atoms with Crippen LogP contribution in [0.1, 0.15) is 36.5 Å². The molecule has 0 aromatic heterocycles. The minimum absolute atomic E-state index is 0.588. The van der Waals surface area contributed by atoms with Gasteiger partial charge in [0.25, 0.3) is 0 Å². The maximum Gasteiger partial charge on any atom is 0.153 e. The van der Waals surface area contributed by atoms with Crippen molar-refractivity contribution in [2.45, 2.75) is 26.2 Å². The molecule has 0 amide bonds. The maximum atomic E-state index is 10.9. The number of ether oxygens (including phenoxy) is 1. The first-order valence-electron chi connectivity index (χ1n) is 6.32. The largest absolute Gasteiger partial charge is 0.493 e. The third-order valence-electron chi connectivity index (χ3n) is 3.15. The van der Waals surface area contributed by atoms with Crippen LogP contribution < -0.4 is 9.64 Å². The molecular formula is C14H19NO2. The van der Waals surface area contributed by atoms with Crippen molar-refractivity contribution in [3.8, 4) is 5.75 Å². The Hall–Kier alpha value is -1.51. The molecule has 3 nitrogen and oxygen atoms in total. The van der Waals surface area contributed by atoms with Crippen LogP contribution >= 0.6 is 0 Å². The molecule has 1 saturated heterocycles. The first kappa shape index (κ1) is 12.0. The summed E-state index contributed by atoms with van der Waals surface area (Å²) in [6, 6.07) is 5.85. The zero-order chi connectivity index (χ0) is 12.1. The molecule has 0 atom stereocenters. The van der Waals surface area contributed by atoms with Gasteiger partial charge in [0, 0.05) is 24.8 Å². The second kappa shape index (κ2) is 5.71. The minimum Gasteiger partial charge on any atom is -0.493 e. The average Bonchev–Trinajstić information content (AvgIpc) is 2.40. The van der Waals surface area contributed by atoms with Gasteiger partial charge in [-0.3, -0.25) is 4.79 Å². The Labute approximate surface area is 102 Å². The molecule has 1 aliphatic heterocycles. The predicted molar refractivity (Wildman–Crippen MR) is 69.1 cm³/mol. The van der Waals surface area contributed by atoms with Crippen molar-refractivity contribution in [2.75, 3.05) is 24.6 Å². The molecule has 1 aromatic rings. The fourth-order valence-corrected chi connectivity index (χ4v) is 2.25. The van der Waals surface area contributed by atoms with Gasteiger partial charge in [0.15, 0.2) is 6.29 Å². The van der Waals surface area contributed by atoms with Gasteiger partial charge in [-0.2, -0.15) is 0 Å². The highest BCUT2D eigenvalue weighted by Gasteiger charge is 2.13. The molecular weight excluding hydrogens is 214 g/mol. The molecule has 0 bridgehead atoms. The lowest BCUT2D eigenvalue weighted by molar-refractivity contribution is 0.112. The van der Waals surface area contributed by atoms with E-state index in [1.54, 1.807) is 0 Å². The lowest BCUT2D eigenvalue weighted by atomic mass is 10.1. The van der Waals surface area contributed by atoms with Crippen molar-refractivity contribution >= 4 is 12.0 Å². The van der Waals surface area contributed by atoms with E-state index in [0.717, 1.165) is 19.4 Å².